The molecule has 20 heavy (non-hydrogen) atoms. The summed E-state index contributed by atoms with van der Waals surface area (Å²) in [5.41, 5.74) is 0.696. The maximum Gasteiger partial charge on any atom is 0.356 e. The number of hydrogen-bond acceptors (Lipinski definition) is 3. The van der Waals surface area contributed by atoms with Crippen LogP contribution < -0.4 is 5.32 Å². The number of nitrogens with one attached hydrogen (secondary N) is 1. The molecular formula is C14H16ClN3O2. The minimum absolute atomic E-state index is 0.0981. The van der Waals surface area contributed by atoms with Gasteiger partial charge in [-0.1, -0.05) is 18.0 Å². The Kier molecular flexibility index (Phi) is 3.63. The van der Waals surface area contributed by atoms with Crippen LogP contribution in [0.3, 0.4) is 0 Å². The third-order valence-electron chi connectivity index (χ3n) is 3.74. The number of pyridine rings is 1. The van der Waals surface area contributed by atoms with Crippen LogP contribution in [-0.2, 0) is 0 Å². The van der Waals surface area contributed by atoms with Crippen LogP contribution in [0.2, 0.25) is 5.02 Å². The number of carbonyl (C=O) groups is 1. The van der Waals surface area contributed by atoms with Crippen molar-refractivity contribution in [2.45, 2.75) is 25.2 Å². The van der Waals surface area contributed by atoms with Crippen LogP contribution in [0.15, 0.2) is 18.3 Å². The van der Waals surface area contributed by atoms with E-state index in [-0.39, 0.29) is 11.6 Å². The van der Waals surface area contributed by atoms with Gasteiger partial charge in [0.15, 0.2) is 5.69 Å². The fourth-order valence-electron chi connectivity index (χ4n) is 2.77. The van der Waals surface area contributed by atoms with Gasteiger partial charge in [0.1, 0.15) is 5.82 Å². The van der Waals surface area contributed by atoms with Crippen molar-refractivity contribution in [2.75, 3.05) is 13.1 Å². The molecule has 2 aromatic rings. The van der Waals surface area contributed by atoms with Gasteiger partial charge in [-0.05, 0) is 31.5 Å². The molecule has 6 heteroatoms. The smallest absolute Gasteiger partial charge is 0.356 e. The lowest BCUT2D eigenvalue weighted by Crippen LogP contribution is -2.20. The Morgan fingerprint density at radius 3 is 3.10 bits per heavy atom. The molecule has 3 rings (SSSR count). The first-order valence-corrected chi connectivity index (χ1v) is 7.16. The molecule has 0 radical (unpaired) electrons. The summed E-state index contributed by atoms with van der Waals surface area (Å²) >= 11 is 6.04. The van der Waals surface area contributed by atoms with Crippen molar-refractivity contribution in [2.24, 2.45) is 0 Å². The normalized spacial score (nSPS) is 19.9. The molecule has 0 spiro atoms. The molecule has 0 amide bonds. The van der Waals surface area contributed by atoms with Crippen molar-refractivity contribution >= 4 is 23.1 Å². The Hall–Kier alpha value is -1.59. The summed E-state index contributed by atoms with van der Waals surface area (Å²) in [6.07, 6.45) is 5.02. The first-order chi connectivity index (χ1) is 9.66. The van der Waals surface area contributed by atoms with E-state index in [2.05, 4.69) is 10.3 Å². The van der Waals surface area contributed by atoms with Crippen LogP contribution in [0.25, 0.3) is 5.52 Å². The van der Waals surface area contributed by atoms with Gasteiger partial charge < -0.3 is 14.8 Å². The number of hydrogen-bond donors (Lipinski definition) is 2. The van der Waals surface area contributed by atoms with E-state index in [0.29, 0.717) is 10.5 Å². The molecule has 0 bridgehead atoms. The van der Waals surface area contributed by atoms with Crippen LogP contribution in [-0.4, -0.2) is 33.6 Å². The molecule has 106 valence electrons. The van der Waals surface area contributed by atoms with E-state index in [0.717, 1.165) is 38.2 Å². The highest BCUT2D eigenvalue weighted by atomic mass is 35.5. The van der Waals surface area contributed by atoms with Crippen LogP contribution in [0, 0.1) is 0 Å². The van der Waals surface area contributed by atoms with E-state index in [1.165, 1.54) is 0 Å². The van der Waals surface area contributed by atoms with Crippen LogP contribution in [0.5, 0.6) is 0 Å². The molecule has 0 aliphatic carbocycles. The first kappa shape index (κ1) is 13.4. The zero-order chi connectivity index (χ0) is 14.1. The molecule has 1 saturated heterocycles. The molecule has 3 heterocycles. The summed E-state index contributed by atoms with van der Waals surface area (Å²) < 4.78 is 1.82. The number of aromatic nitrogens is 2. The van der Waals surface area contributed by atoms with Crippen molar-refractivity contribution in [1.29, 1.82) is 0 Å². The van der Waals surface area contributed by atoms with Crippen LogP contribution >= 0.6 is 11.6 Å². The van der Waals surface area contributed by atoms with E-state index < -0.39 is 5.97 Å². The van der Waals surface area contributed by atoms with Gasteiger partial charge in [0.2, 0.25) is 0 Å². The van der Waals surface area contributed by atoms with E-state index in [1.54, 1.807) is 18.3 Å². The number of carboxylic acid groups (broad SMARTS) is 1. The molecular weight excluding hydrogens is 278 g/mol. The van der Waals surface area contributed by atoms with E-state index >= 15 is 0 Å². The number of carboxylic acids is 1. The fourth-order valence-corrected chi connectivity index (χ4v) is 2.93. The molecule has 1 aliphatic heterocycles. The zero-order valence-electron chi connectivity index (χ0n) is 11.0. The maximum atomic E-state index is 11.3. The third kappa shape index (κ3) is 2.39. The number of rotatable bonds is 2. The van der Waals surface area contributed by atoms with Crippen molar-refractivity contribution in [3.05, 3.63) is 34.9 Å². The van der Waals surface area contributed by atoms with Crippen molar-refractivity contribution in [3.8, 4) is 0 Å². The number of halogens is 1. The summed E-state index contributed by atoms with van der Waals surface area (Å²) in [6.45, 7) is 1.83. The maximum absolute atomic E-state index is 11.3. The van der Waals surface area contributed by atoms with E-state index in [9.17, 15) is 9.90 Å². The lowest BCUT2D eigenvalue weighted by Gasteiger charge is -2.13. The largest absolute Gasteiger partial charge is 0.476 e. The van der Waals surface area contributed by atoms with Gasteiger partial charge in [0, 0.05) is 18.7 Å². The Labute approximate surface area is 121 Å². The van der Waals surface area contributed by atoms with Gasteiger partial charge in [-0.25, -0.2) is 9.78 Å². The first-order valence-electron chi connectivity index (χ1n) is 6.78. The van der Waals surface area contributed by atoms with Crippen molar-refractivity contribution < 1.29 is 9.90 Å². The molecule has 1 fully saturated rings. The predicted octanol–water partition coefficient (Wildman–Crippen LogP) is 2.54. The molecule has 0 aromatic carbocycles. The predicted molar refractivity (Wildman–Crippen MR) is 76.6 cm³/mol. The van der Waals surface area contributed by atoms with Gasteiger partial charge in [0.05, 0.1) is 10.5 Å². The second-order valence-corrected chi connectivity index (χ2v) is 5.56. The second-order valence-electron chi connectivity index (χ2n) is 5.12. The summed E-state index contributed by atoms with van der Waals surface area (Å²) in [5, 5.41) is 13.3. The standard InChI is InChI=1S/C14H16ClN3O2/c15-10-4-5-11-12(14(19)20)17-13(18(11)8-10)9-3-1-2-6-16-7-9/h4-5,8-9,16H,1-3,6-7H2,(H,19,20). The highest BCUT2D eigenvalue weighted by Crippen LogP contribution is 2.26. The van der Waals surface area contributed by atoms with Gasteiger partial charge in [-0.15, -0.1) is 0 Å². The van der Waals surface area contributed by atoms with Gasteiger partial charge in [0.25, 0.3) is 0 Å². The van der Waals surface area contributed by atoms with Crippen molar-refractivity contribution in [1.82, 2.24) is 14.7 Å². The van der Waals surface area contributed by atoms with E-state index in [4.69, 9.17) is 11.6 Å². The lowest BCUT2D eigenvalue weighted by atomic mass is 10.0. The number of fused-ring (bicyclic) bond motifs is 1. The molecule has 2 aromatic heterocycles. The molecule has 0 saturated carbocycles. The highest BCUT2D eigenvalue weighted by Gasteiger charge is 2.23. The minimum atomic E-state index is -1.00. The second kappa shape index (κ2) is 5.42. The Balaban J connectivity index is 2.13. The molecule has 1 aliphatic rings. The average molecular weight is 294 g/mol. The van der Waals surface area contributed by atoms with Gasteiger partial charge in [-0.3, -0.25) is 0 Å². The molecule has 2 N–H and O–H groups in total. The number of nitrogens with zero attached hydrogens (tertiary/aromatic N) is 2. The summed E-state index contributed by atoms with van der Waals surface area (Å²) in [6, 6.07) is 3.41. The molecule has 5 nitrogen and oxygen atoms in total. The third-order valence-corrected chi connectivity index (χ3v) is 3.97. The Morgan fingerprint density at radius 1 is 1.45 bits per heavy atom. The molecule has 1 unspecified atom stereocenters. The van der Waals surface area contributed by atoms with Crippen molar-refractivity contribution in [3.63, 3.8) is 0 Å². The van der Waals surface area contributed by atoms with Gasteiger partial charge in [-0.2, -0.15) is 0 Å². The fraction of sp³-hybridized carbons (Fsp3) is 0.429. The quantitative estimate of drug-likeness (QED) is 0.893. The average Bonchev–Trinajstić information content (AvgIpc) is 2.60. The molecule has 1 atom stereocenters. The number of aromatic carboxylic acids is 1. The van der Waals surface area contributed by atoms with E-state index in [1.807, 2.05) is 4.40 Å². The monoisotopic (exact) mass is 293 g/mol. The SMILES string of the molecule is O=C(O)c1nc(C2CCCCNC2)n2cc(Cl)ccc12. The summed E-state index contributed by atoms with van der Waals surface area (Å²) in [7, 11) is 0. The Morgan fingerprint density at radius 2 is 2.30 bits per heavy atom. The summed E-state index contributed by atoms with van der Waals surface area (Å²) in [4.78, 5) is 15.7. The van der Waals surface area contributed by atoms with Crippen LogP contribution in [0.1, 0.15) is 41.5 Å². The Bertz CT molecular complexity index is 645. The minimum Gasteiger partial charge on any atom is -0.476 e. The topological polar surface area (TPSA) is 66.6 Å². The number of imidazole rings is 1. The van der Waals surface area contributed by atoms with Gasteiger partial charge >= 0.3 is 5.97 Å². The highest BCUT2D eigenvalue weighted by molar-refractivity contribution is 6.30. The lowest BCUT2D eigenvalue weighted by molar-refractivity contribution is 0.0693. The van der Waals surface area contributed by atoms with Crippen LogP contribution in [0.4, 0.5) is 0 Å². The zero-order valence-corrected chi connectivity index (χ0v) is 11.7. The summed E-state index contributed by atoms with van der Waals surface area (Å²) in [5.74, 6) is 0.00326.